The molecule has 8 heteroatoms. The minimum absolute atomic E-state index is 0.470. The molecule has 3 heterocycles. The van der Waals surface area contributed by atoms with Crippen LogP contribution in [0.25, 0.3) is 11.4 Å². The Labute approximate surface area is 175 Å². The van der Waals surface area contributed by atoms with Gasteiger partial charge in [-0.2, -0.15) is 10.2 Å². The molecule has 3 aromatic rings. The minimum Gasteiger partial charge on any atom is -0.353 e. The van der Waals surface area contributed by atoms with E-state index in [1.165, 1.54) is 5.56 Å². The molecule has 8 nitrogen and oxygen atoms in total. The van der Waals surface area contributed by atoms with Gasteiger partial charge in [-0.15, -0.1) is 0 Å². The SMILES string of the molecule is Cc1ccc(-c2noc(CN3CCN(c4nc(C5CC5)ncc4C#N)CC3)n2)cc1. The summed E-state index contributed by atoms with van der Waals surface area (Å²) in [7, 11) is 0. The summed E-state index contributed by atoms with van der Waals surface area (Å²) in [6.45, 7) is 5.96. The van der Waals surface area contributed by atoms with E-state index in [4.69, 9.17) is 9.51 Å². The lowest BCUT2D eigenvalue weighted by Crippen LogP contribution is -2.46. The van der Waals surface area contributed by atoms with Crippen LogP contribution in [0.2, 0.25) is 0 Å². The standard InChI is InChI=1S/C22H23N7O/c1-15-2-4-17(5-3-15)21-25-19(30-27-21)14-28-8-10-29(11-9-28)22-18(12-23)13-24-20(26-22)16-6-7-16/h2-5,13,16H,6-11,14H2,1H3. The number of nitriles is 1. The van der Waals surface area contributed by atoms with Crippen LogP contribution in [0.15, 0.2) is 35.0 Å². The average Bonchev–Trinajstić information content (AvgIpc) is 3.53. The molecule has 0 bridgehead atoms. The molecule has 1 aliphatic carbocycles. The molecule has 0 amide bonds. The minimum atomic E-state index is 0.470. The van der Waals surface area contributed by atoms with E-state index >= 15 is 0 Å². The van der Waals surface area contributed by atoms with Gasteiger partial charge in [-0.1, -0.05) is 35.0 Å². The normalized spacial score (nSPS) is 17.1. The highest BCUT2D eigenvalue weighted by Crippen LogP contribution is 2.38. The van der Waals surface area contributed by atoms with Gasteiger partial charge < -0.3 is 9.42 Å². The Morgan fingerprint density at radius 3 is 2.57 bits per heavy atom. The van der Waals surface area contributed by atoms with Crippen molar-refractivity contribution in [3.8, 4) is 17.5 Å². The summed E-state index contributed by atoms with van der Waals surface area (Å²) >= 11 is 0. The fourth-order valence-corrected chi connectivity index (χ4v) is 3.69. The lowest BCUT2D eigenvalue weighted by molar-refractivity contribution is 0.215. The van der Waals surface area contributed by atoms with Crippen molar-refractivity contribution in [1.29, 1.82) is 5.26 Å². The summed E-state index contributed by atoms with van der Waals surface area (Å²) in [6, 6.07) is 10.3. The maximum absolute atomic E-state index is 9.46. The molecule has 2 fully saturated rings. The zero-order valence-electron chi connectivity index (χ0n) is 17.0. The number of aromatic nitrogens is 4. The van der Waals surface area contributed by atoms with Crippen LogP contribution in [-0.2, 0) is 6.54 Å². The third kappa shape index (κ3) is 3.89. The third-order valence-electron chi connectivity index (χ3n) is 5.66. The van der Waals surface area contributed by atoms with E-state index < -0.39 is 0 Å². The molecular formula is C22H23N7O. The highest BCUT2D eigenvalue weighted by Gasteiger charge is 2.29. The topological polar surface area (TPSA) is 95.0 Å². The van der Waals surface area contributed by atoms with E-state index in [2.05, 4.69) is 37.9 Å². The fraction of sp³-hybridized carbons (Fsp3) is 0.409. The van der Waals surface area contributed by atoms with Gasteiger partial charge in [0.25, 0.3) is 0 Å². The van der Waals surface area contributed by atoms with Crippen molar-refractivity contribution in [2.75, 3.05) is 31.1 Å². The molecule has 1 aliphatic heterocycles. The van der Waals surface area contributed by atoms with Gasteiger partial charge in [0.15, 0.2) is 0 Å². The molecule has 0 unspecified atom stereocenters. The number of piperazine rings is 1. The Kier molecular flexibility index (Phi) is 4.89. The maximum atomic E-state index is 9.46. The second-order valence-corrected chi connectivity index (χ2v) is 7.99. The molecular weight excluding hydrogens is 378 g/mol. The van der Waals surface area contributed by atoms with Gasteiger partial charge in [-0.05, 0) is 19.8 Å². The predicted octanol–water partition coefficient (Wildman–Crippen LogP) is 2.91. The van der Waals surface area contributed by atoms with Crippen LogP contribution in [-0.4, -0.2) is 51.2 Å². The number of benzene rings is 1. The van der Waals surface area contributed by atoms with E-state index in [1.807, 2.05) is 24.3 Å². The molecule has 2 aliphatic rings. The lowest BCUT2D eigenvalue weighted by Gasteiger charge is -2.35. The third-order valence-corrected chi connectivity index (χ3v) is 5.66. The smallest absolute Gasteiger partial charge is 0.241 e. The largest absolute Gasteiger partial charge is 0.353 e. The molecule has 0 radical (unpaired) electrons. The molecule has 0 spiro atoms. The first kappa shape index (κ1) is 18.7. The van der Waals surface area contributed by atoms with Crippen molar-refractivity contribution in [3.63, 3.8) is 0 Å². The Morgan fingerprint density at radius 2 is 1.87 bits per heavy atom. The first-order valence-corrected chi connectivity index (χ1v) is 10.3. The molecule has 5 rings (SSSR count). The summed E-state index contributed by atoms with van der Waals surface area (Å²) in [5, 5.41) is 13.6. The van der Waals surface area contributed by atoms with Crippen LogP contribution < -0.4 is 4.90 Å². The predicted molar refractivity (Wildman–Crippen MR) is 111 cm³/mol. The van der Waals surface area contributed by atoms with Gasteiger partial charge in [0.1, 0.15) is 23.3 Å². The Morgan fingerprint density at radius 1 is 1.10 bits per heavy atom. The Bertz CT molecular complexity index is 1070. The zero-order valence-corrected chi connectivity index (χ0v) is 17.0. The first-order valence-electron chi connectivity index (χ1n) is 10.3. The molecule has 0 atom stereocenters. The molecule has 30 heavy (non-hydrogen) atoms. The fourth-order valence-electron chi connectivity index (χ4n) is 3.69. The quantitative estimate of drug-likeness (QED) is 0.644. The highest BCUT2D eigenvalue weighted by molar-refractivity contribution is 5.55. The van der Waals surface area contributed by atoms with Gasteiger partial charge in [0.05, 0.1) is 12.7 Å². The summed E-state index contributed by atoms with van der Waals surface area (Å²) in [6.07, 6.45) is 3.97. The molecule has 1 aromatic carbocycles. The molecule has 1 saturated heterocycles. The van der Waals surface area contributed by atoms with Gasteiger partial charge in [-0.3, -0.25) is 4.90 Å². The van der Waals surface area contributed by atoms with Gasteiger partial charge >= 0.3 is 0 Å². The van der Waals surface area contributed by atoms with Crippen molar-refractivity contribution in [2.24, 2.45) is 0 Å². The second-order valence-electron chi connectivity index (χ2n) is 7.99. The summed E-state index contributed by atoms with van der Waals surface area (Å²) in [5.74, 6) is 3.36. The summed E-state index contributed by atoms with van der Waals surface area (Å²) in [4.78, 5) is 18.1. The summed E-state index contributed by atoms with van der Waals surface area (Å²) in [5.41, 5.74) is 2.71. The van der Waals surface area contributed by atoms with Crippen LogP contribution in [0, 0.1) is 18.3 Å². The number of rotatable bonds is 5. The first-order chi connectivity index (χ1) is 14.7. The number of hydrogen-bond donors (Lipinski definition) is 0. The average molecular weight is 401 g/mol. The monoisotopic (exact) mass is 401 g/mol. The maximum Gasteiger partial charge on any atom is 0.241 e. The van der Waals surface area contributed by atoms with Crippen LogP contribution >= 0.6 is 0 Å². The molecule has 1 saturated carbocycles. The van der Waals surface area contributed by atoms with Crippen LogP contribution in [0.1, 0.15) is 41.6 Å². The van der Waals surface area contributed by atoms with Crippen molar-refractivity contribution in [3.05, 3.63) is 53.3 Å². The van der Waals surface area contributed by atoms with Gasteiger partial charge in [0.2, 0.25) is 11.7 Å². The number of aryl methyl sites for hydroxylation is 1. The zero-order chi connectivity index (χ0) is 20.5. The van der Waals surface area contributed by atoms with Crippen molar-refractivity contribution in [2.45, 2.75) is 32.2 Å². The van der Waals surface area contributed by atoms with E-state index in [9.17, 15) is 5.26 Å². The van der Waals surface area contributed by atoms with E-state index in [1.54, 1.807) is 6.20 Å². The number of nitrogens with zero attached hydrogens (tertiary/aromatic N) is 7. The number of hydrogen-bond acceptors (Lipinski definition) is 8. The van der Waals surface area contributed by atoms with E-state index in [0.29, 0.717) is 29.7 Å². The molecule has 2 aromatic heterocycles. The van der Waals surface area contributed by atoms with Gasteiger partial charge in [0, 0.05) is 37.7 Å². The Balaban J connectivity index is 1.22. The molecule has 0 N–H and O–H groups in total. The second kappa shape index (κ2) is 7.84. The van der Waals surface area contributed by atoms with Crippen molar-refractivity contribution < 1.29 is 4.52 Å². The lowest BCUT2D eigenvalue weighted by atomic mass is 10.1. The van der Waals surface area contributed by atoms with Crippen molar-refractivity contribution in [1.82, 2.24) is 25.0 Å². The van der Waals surface area contributed by atoms with Crippen LogP contribution in [0.5, 0.6) is 0 Å². The highest BCUT2D eigenvalue weighted by atomic mass is 16.5. The van der Waals surface area contributed by atoms with Crippen molar-refractivity contribution >= 4 is 5.82 Å². The van der Waals surface area contributed by atoms with E-state index in [0.717, 1.165) is 56.2 Å². The number of anilines is 1. The Hall–Kier alpha value is -3.31. The van der Waals surface area contributed by atoms with Crippen LogP contribution in [0.3, 0.4) is 0 Å². The van der Waals surface area contributed by atoms with Gasteiger partial charge in [-0.25, -0.2) is 9.97 Å². The van der Waals surface area contributed by atoms with E-state index in [-0.39, 0.29) is 0 Å². The summed E-state index contributed by atoms with van der Waals surface area (Å²) < 4.78 is 5.47. The van der Waals surface area contributed by atoms with Crippen LogP contribution in [0.4, 0.5) is 5.82 Å². The molecule has 152 valence electrons.